The number of hydrazine groups is 1. The number of nitrogen functional groups attached to an aromatic ring is 1. The van der Waals surface area contributed by atoms with Gasteiger partial charge in [0.05, 0.1) is 10.3 Å². The van der Waals surface area contributed by atoms with E-state index in [1.807, 2.05) is 6.92 Å². The Balaban J connectivity index is 1.53. The number of carbonyl (C=O) groups is 3. The van der Waals surface area contributed by atoms with E-state index in [0.29, 0.717) is 17.7 Å². The highest BCUT2D eigenvalue weighted by atomic mass is 35.5. The molecule has 0 radical (unpaired) electrons. The predicted octanol–water partition coefficient (Wildman–Crippen LogP) is 1.02. The first-order valence-corrected chi connectivity index (χ1v) is 11.9. The highest BCUT2D eigenvalue weighted by molar-refractivity contribution is 8.23. The molecule has 3 aliphatic heterocycles. The van der Waals surface area contributed by atoms with Gasteiger partial charge in [-0.1, -0.05) is 39.9 Å². The van der Waals surface area contributed by atoms with Gasteiger partial charge in [-0.05, 0) is 31.7 Å². The fourth-order valence-electron chi connectivity index (χ4n) is 3.49. The van der Waals surface area contributed by atoms with Gasteiger partial charge in [-0.2, -0.15) is 4.83 Å². The van der Waals surface area contributed by atoms with Crippen LogP contribution in [0.3, 0.4) is 0 Å². The Labute approximate surface area is 198 Å². The third kappa shape index (κ3) is 3.90. The molecule has 1 saturated heterocycles. The summed E-state index contributed by atoms with van der Waals surface area (Å²) in [5.41, 5.74) is 8.66. The smallest absolute Gasteiger partial charge is 0.353 e. The van der Waals surface area contributed by atoms with Crippen LogP contribution in [-0.2, 0) is 14.4 Å². The van der Waals surface area contributed by atoms with Crippen LogP contribution < -0.4 is 21.3 Å². The Morgan fingerprint density at radius 1 is 1.47 bits per heavy atom. The van der Waals surface area contributed by atoms with Crippen LogP contribution in [-0.4, -0.2) is 55.8 Å². The van der Waals surface area contributed by atoms with Gasteiger partial charge in [0.25, 0.3) is 11.8 Å². The zero-order chi connectivity index (χ0) is 23.2. The number of rotatable bonds is 6. The first-order valence-electron chi connectivity index (χ1n) is 9.04. The lowest BCUT2D eigenvalue weighted by atomic mass is 9.86. The molecule has 0 saturated carbocycles. The van der Waals surface area contributed by atoms with Crippen LogP contribution in [0.1, 0.15) is 25.5 Å². The van der Waals surface area contributed by atoms with Crippen molar-refractivity contribution in [1.82, 2.24) is 25.5 Å². The third-order valence-electron chi connectivity index (χ3n) is 4.93. The number of aromatic nitrogens is 1. The fraction of sp³-hybridized carbons (Fsp3) is 0.312. The lowest BCUT2D eigenvalue weighted by Gasteiger charge is -2.50. The number of nitrogens with two attached hydrogens (primary N) is 1. The summed E-state index contributed by atoms with van der Waals surface area (Å²) in [4.78, 5) is 45.9. The number of hydrogen-bond acceptors (Lipinski definition) is 12. The molecular formula is C16H16ClN7O5S3. The molecule has 2 unspecified atom stereocenters. The van der Waals surface area contributed by atoms with Crippen LogP contribution in [0.5, 0.6) is 0 Å². The first-order chi connectivity index (χ1) is 15.2. The molecule has 0 spiro atoms. The van der Waals surface area contributed by atoms with Crippen molar-refractivity contribution in [2.45, 2.75) is 31.8 Å². The van der Waals surface area contributed by atoms with Crippen LogP contribution in [0.4, 0.5) is 5.13 Å². The van der Waals surface area contributed by atoms with Crippen molar-refractivity contribution in [3.05, 3.63) is 30.6 Å². The molecule has 1 aromatic heterocycles. The zero-order valence-electron chi connectivity index (χ0n) is 16.2. The number of amides is 2. The summed E-state index contributed by atoms with van der Waals surface area (Å²) >= 11 is 9.49. The van der Waals surface area contributed by atoms with Crippen molar-refractivity contribution in [2.24, 2.45) is 5.16 Å². The van der Waals surface area contributed by atoms with Gasteiger partial charge in [-0.25, -0.2) is 9.78 Å². The molecule has 7 N–H and O–H groups in total. The molecular weight excluding hydrogens is 502 g/mol. The van der Waals surface area contributed by atoms with Gasteiger partial charge in [-0.3, -0.25) is 14.5 Å². The SMILES string of the molecule is CC1=C(SC2=C(C(=O)O)N3C(=O)C(NC(=O)/C(=N\O)c4nc(N)sc4Cl)C3CC2)SNN1. The molecule has 32 heavy (non-hydrogen) atoms. The fourth-order valence-corrected chi connectivity index (χ4v) is 6.44. The van der Waals surface area contributed by atoms with Crippen LogP contribution in [0, 0.1) is 0 Å². The Morgan fingerprint density at radius 3 is 2.78 bits per heavy atom. The molecule has 170 valence electrons. The van der Waals surface area contributed by atoms with E-state index in [4.69, 9.17) is 17.3 Å². The average molecular weight is 518 g/mol. The van der Waals surface area contributed by atoms with Crippen molar-refractivity contribution < 1.29 is 24.7 Å². The third-order valence-corrected chi connectivity index (χ3v) is 8.34. The molecule has 2 atom stereocenters. The van der Waals surface area contributed by atoms with Crippen molar-refractivity contribution in [3.63, 3.8) is 0 Å². The highest BCUT2D eigenvalue weighted by Crippen LogP contribution is 2.46. The van der Waals surface area contributed by atoms with Crippen LogP contribution >= 0.6 is 46.6 Å². The van der Waals surface area contributed by atoms with E-state index in [-0.39, 0.29) is 20.9 Å². The van der Waals surface area contributed by atoms with Crippen molar-refractivity contribution in [3.8, 4) is 0 Å². The van der Waals surface area contributed by atoms with E-state index in [1.54, 1.807) is 0 Å². The zero-order valence-corrected chi connectivity index (χ0v) is 19.4. The van der Waals surface area contributed by atoms with Gasteiger partial charge in [0.15, 0.2) is 10.8 Å². The summed E-state index contributed by atoms with van der Waals surface area (Å²) in [5, 5.41) is 24.6. The van der Waals surface area contributed by atoms with Crippen molar-refractivity contribution in [2.75, 3.05) is 5.73 Å². The number of thiazole rings is 1. The van der Waals surface area contributed by atoms with Gasteiger partial charge in [-0.15, -0.1) is 0 Å². The van der Waals surface area contributed by atoms with E-state index in [1.165, 1.54) is 28.6 Å². The van der Waals surface area contributed by atoms with Gasteiger partial charge in [0.2, 0.25) is 0 Å². The maximum absolute atomic E-state index is 12.8. The maximum atomic E-state index is 12.8. The van der Waals surface area contributed by atoms with E-state index in [2.05, 4.69) is 25.7 Å². The molecule has 0 bridgehead atoms. The van der Waals surface area contributed by atoms with Gasteiger partial charge < -0.3 is 26.8 Å². The number of nitrogens with one attached hydrogen (secondary N) is 3. The molecule has 12 nitrogen and oxygen atoms in total. The summed E-state index contributed by atoms with van der Waals surface area (Å²) in [6.07, 6.45) is 0.865. The number of carboxylic acids is 1. The minimum absolute atomic E-state index is 0.0563. The number of β-lactam (4-membered cyclic amide) rings is 1. The molecule has 2 amide bonds. The van der Waals surface area contributed by atoms with Gasteiger partial charge >= 0.3 is 5.97 Å². The van der Waals surface area contributed by atoms with Crippen LogP contribution in [0.2, 0.25) is 4.34 Å². The Hall–Kier alpha value is -2.46. The minimum atomic E-state index is -1.22. The number of carboxylic acid groups (broad SMARTS) is 1. The topological polar surface area (TPSA) is 182 Å². The van der Waals surface area contributed by atoms with E-state index in [0.717, 1.165) is 21.3 Å². The number of allylic oxidation sites excluding steroid dienone is 2. The molecule has 0 aromatic carbocycles. The molecule has 0 aliphatic carbocycles. The molecule has 1 fully saturated rings. The van der Waals surface area contributed by atoms with Crippen molar-refractivity contribution in [1.29, 1.82) is 0 Å². The second-order valence-electron chi connectivity index (χ2n) is 6.81. The number of carbonyl (C=O) groups excluding carboxylic acids is 2. The lowest BCUT2D eigenvalue weighted by molar-refractivity contribution is -0.155. The van der Waals surface area contributed by atoms with Crippen molar-refractivity contribution >= 4 is 75.3 Å². The van der Waals surface area contributed by atoms with Gasteiger partial charge in [0, 0.05) is 10.6 Å². The summed E-state index contributed by atoms with van der Waals surface area (Å²) in [6, 6.07) is -1.51. The monoisotopic (exact) mass is 517 g/mol. The van der Waals surface area contributed by atoms with Crippen LogP contribution in [0.25, 0.3) is 0 Å². The quantitative estimate of drug-likeness (QED) is 0.104. The second kappa shape index (κ2) is 8.82. The largest absolute Gasteiger partial charge is 0.477 e. The number of halogens is 1. The minimum Gasteiger partial charge on any atom is -0.477 e. The normalized spacial score (nSPS) is 23.1. The average Bonchev–Trinajstić information content (AvgIpc) is 3.30. The number of fused-ring (bicyclic) bond motifs is 1. The summed E-state index contributed by atoms with van der Waals surface area (Å²) in [6.45, 7) is 1.85. The Morgan fingerprint density at radius 2 is 2.22 bits per heavy atom. The number of anilines is 1. The molecule has 16 heteroatoms. The van der Waals surface area contributed by atoms with Gasteiger partial charge in [0.1, 0.15) is 21.8 Å². The number of nitrogens with zero attached hydrogens (tertiary/aromatic N) is 3. The second-order valence-corrected chi connectivity index (χ2v) is 10.6. The number of hydrogen-bond donors (Lipinski definition) is 6. The Kier molecular flexibility index (Phi) is 6.26. The Bertz CT molecular complexity index is 1120. The van der Waals surface area contributed by atoms with E-state index in [9.17, 15) is 24.7 Å². The highest BCUT2D eigenvalue weighted by Gasteiger charge is 2.54. The molecule has 4 rings (SSSR count). The van der Waals surface area contributed by atoms with E-state index >= 15 is 0 Å². The summed E-state index contributed by atoms with van der Waals surface area (Å²) in [7, 11) is 0. The number of thioether (sulfide) groups is 1. The number of oxime groups is 1. The first kappa shape index (κ1) is 22.7. The molecule has 1 aromatic rings. The lowest BCUT2D eigenvalue weighted by Crippen LogP contribution is -2.72. The standard InChI is InChI=1S/C16H16ClN7O5S3/c1-4-15(32-23-21-4)30-6-3-2-5-7(13(26)24(5)10(6)14(27)28)19-12(25)9(22-29)8-11(17)31-16(18)20-8/h5,7,21,23,29H,2-3H2,1H3,(H2,18,20)(H,19,25)(H,27,28)/b22-9-. The molecule has 4 heterocycles. The summed E-state index contributed by atoms with van der Waals surface area (Å²) < 4.78 is 0.916. The predicted molar refractivity (Wildman–Crippen MR) is 120 cm³/mol. The van der Waals surface area contributed by atoms with Crippen LogP contribution in [0.15, 0.2) is 25.7 Å². The summed E-state index contributed by atoms with van der Waals surface area (Å²) in [5.74, 6) is -2.67. The number of aliphatic carboxylic acids is 1. The van der Waals surface area contributed by atoms with E-state index < -0.39 is 35.6 Å². The molecule has 3 aliphatic rings. The maximum Gasteiger partial charge on any atom is 0.353 e.